The van der Waals surface area contributed by atoms with E-state index in [2.05, 4.69) is 10.1 Å². The number of carbonyl (C=O) groups excluding carboxylic acids is 1. The highest BCUT2D eigenvalue weighted by Gasteiger charge is 2.17. The molecule has 0 aliphatic carbocycles. The molecule has 1 aromatic heterocycles. The molecule has 1 fully saturated rings. The summed E-state index contributed by atoms with van der Waals surface area (Å²) >= 11 is 0. The Labute approximate surface area is 156 Å². The summed E-state index contributed by atoms with van der Waals surface area (Å²) in [5.74, 6) is 1.56. The summed E-state index contributed by atoms with van der Waals surface area (Å²) < 4.78 is 16.2. The molecule has 0 atom stereocenters. The topological polar surface area (TPSA) is 77.7 Å². The first-order chi connectivity index (χ1) is 13.3. The van der Waals surface area contributed by atoms with Crippen LogP contribution in [-0.4, -0.2) is 53.9 Å². The summed E-state index contributed by atoms with van der Waals surface area (Å²) in [5, 5.41) is 4.02. The van der Waals surface area contributed by atoms with Crippen molar-refractivity contribution in [2.75, 3.05) is 32.9 Å². The van der Waals surface area contributed by atoms with E-state index in [1.54, 1.807) is 17.0 Å². The van der Waals surface area contributed by atoms with Crippen LogP contribution in [0.3, 0.4) is 0 Å². The molecule has 0 radical (unpaired) electrons. The van der Waals surface area contributed by atoms with E-state index in [-0.39, 0.29) is 12.5 Å². The zero-order valence-corrected chi connectivity index (χ0v) is 14.7. The van der Waals surface area contributed by atoms with Crippen LogP contribution < -0.4 is 4.74 Å². The van der Waals surface area contributed by atoms with Gasteiger partial charge >= 0.3 is 0 Å². The number of aromatic nitrogens is 2. The standard InChI is InChI=1S/C20H19N3O4/c24-18(23-10-12-25-13-11-23)14-26-17-8-6-16(7-9-17)20-21-19(22-27-20)15-4-2-1-3-5-15/h1-9H,10-14H2. The maximum Gasteiger partial charge on any atom is 0.260 e. The first-order valence-electron chi connectivity index (χ1n) is 8.77. The van der Waals surface area contributed by atoms with Gasteiger partial charge in [-0.3, -0.25) is 4.79 Å². The summed E-state index contributed by atoms with van der Waals surface area (Å²) in [7, 11) is 0. The Hall–Kier alpha value is -3.19. The van der Waals surface area contributed by atoms with Gasteiger partial charge in [0.25, 0.3) is 11.8 Å². The van der Waals surface area contributed by atoms with Gasteiger partial charge in [-0.15, -0.1) is 0 Å². The molecule has 7 nitrogen and oxygen atoms in total. The molecule has 27 heavy (non-hydrogen) atoms. The highest BCUT2D eigenvalue weighted by molar-refractivity contribution is 5.77. The Bertz CT molecular complexity index is 887. The summed E-state index contributed by atoms with van der Waals surface area (Å²) in [5.41, 5.74) is 1.69. The molecule has 1 amide bonds. The SMILES string of the molecule is O=C(COc1ccc(-c2nc(-c3ccccc3)no2)cc1)N1CCOCC1. The Morgan fingerprint density at radius 2 is 1.74 bits per heavy atom. The molecule has 0 spiro atoms. The van der Waals surface area contributed by atoms with Gasteiger partial charge in [-0.25, -0.2) is 0 Å². The van der Waals surface area contributed by atoms with Crippen molar-refractivity contribution in [3.63, 3.8) is 0 Å². The molecule has 0 bridgehead atoms. The number of hydrogen-bond donors (Lipinski definition) is 0. The van der Waals surface area contributed by atoms with E-state index < -0.39 is 0 Å². The van der Waals surface area contributed by atoms with Crippen LogP contribution in [0.4, 0.5) is 0 Å². The predicted molar refractivity (Wildman–Crippen MR) is 98.1 cm³/mol. The number of benzene rings is 2. The van der Waals surface area contributed by atoms with Crippen LogP contribution in [0.1, 0.15) is 0 Å². The maximum atomic E-state index is 12.1. The first kappa shape index (κ1) is 17.2. The van der Waals surface area contributed by atoms with Crippen LogP contribution >= 0.6 is 0 Å². The number of hydrogen-bond acceptors (Lipinski definition) is 6. The molecule has 138 valence electrons. The van der Waals surface area contributed by atoms with E-state index >= 15 is 0 Å². The van der Waals surface area contributed by atoms with Crippen LogP contribution in [0.25, 0.3) is 22.8 Å². The molecule has 0 N–H and O–H groups in total. The van der Waals surface area contributed by atoms with E-state index in [0.717, 1.165) is 11.1 Å². The fourth-order valence-electron chi connectivity index (χ4n) is 2.79. The quantitative estimate of drug-likeness (QED) is 0.692. The van der Waals surface area contributed by atoms with Gasteiger partial charge in [0.2, 0.25) is 5.82 Å². The van der Waals surface area contributed by atoms with Gasteiger partial charge in [-0.05, 0) is 24.3 Å². The van der Waals surface area contributed by atoms with Gasteiger partial charge in [0.15, 0.2) is 6.61 Å². The van der Waals surface area contributed by atoms with E-state index in [0.29, 0.717) is 43.8 Å². The van der Waals surface area contributed by atoms with Crippen molar-refractivity contribution in [3.05, 3.63) is 54.6 Å². The van der Waals surface area contributed by atoms with Crippen molar-refractivity contribution in [1.82, 2.24) is 15.0 Å². The number of rotatable bonds is 5. The molecule has 1 aliphatic heterocycles. The molecule has 4 rings (SSSR count). The van der Waals surface area contributed by atoms with Crippen molar-refractivity contribution >= 4 is 5.91 Å². The van der Waals surface area contributed by atoms with E-state index in [9.17, 15) is 4.79 Å². The van der Waals surface area contributed by atoms with Crippen molar-refractivity contribution < 1.29 is 18.8 Å². The predicted octanol–water partition coefficient (Wildman–Crippen LogP) is 2.64. The number of morpholine rings is 1. The average Bonchev–Trinajstić information content (AvgIpc) is 3.24. The lowest BCUT2D eigenvalue weighted by Gasteiger charge is -2.26. The van der Waals surface area contributed by atoms with Gasteiger partial charge in [0.1, 0.15) is 5.75 Å². The van der Waals surface area contributed by atoms with Gasteiger partial charge in [-0.2, -0.15) is 4.98 Å². The van der Waals surface area contributed by atoms with Crippen molar-refractivity contribution in [2.45, 2.75) is 0 Å². The van der Waals surface area contributed by atoms with Crippen LogP contribution in [-0.2, 0) is 9.53 Å². The molecule has 2 aromatic carbocycles. The van der Waals surface area contributed by atoms with Gasteiger partial charge < -0.3 is 18.9 Å². The largest absolute Gasteiger partial charge is 0.484 e. The smallest absolute Gasteiger partial charge is 0.260 e. The molecule has 3 aromatic rings. The Morgan fingerprint density at radius 1 is 1.00 bits per heavy atom. The van der Waals surface area contributed by atoms with E-state index in [1.807, 2.05) is 42.5 Å². The second kappa shape index (κ2) is 8.01. The minimum Gasteiger partial charge on any atom is -0.484 e. The monoisotopic (exact) mass is 365 g/mol. The lowest BCUT2D eigenvalue weighted by Crippen LogP contribution is -2.42. The summed E-state index contributed by atoms with van der Waals surface area (Å²) in [6, 6.07) is 16.9. The fourth-order valence-corrected chi connectivity index (χ4v) is 2.79. The van der Waals surface area contributed by atoms with Gasteiger partial charge in [0.05, 0.1) is 13.2 Å². The third-order valence-corrected chi connectivity index (χ3v) is 4.29. The van der Waals surface area contributed by atoms with Crippen LogP contribution in [0.2, 0.25) is 0 Å². The Kier molecular flexibility index (Phi) is 5.11. The minimum atomic E-state index is -0.0354. The summed E-state index contributed by atoms with van der Waals surface area (Å²) in [4.78, 5) is 18.3. The molecule has 2 heterocycles. The molecule has 1 saturated heterocycles. The van der Waals surface area contributed by atoms with Crippen LogP contribution in [0, 0.1) is 0 Å². The van der Waals surface area contributed by atoms with Crippen molar-refractivity contribution in [1.29, 1.82) is 0 Å². The maximum absolute atomic E-state index is 12.1. The first-order valence-corrected chi connectivity index (χ1v) is 8.77. The van der Waals surface area contributed by atoms with Crippen LogP contribution in [0.15, 0.2) is 59.1 Å². The zero-order valence-electron chi connectivity index (χ0n) is 14.7. The summed E-state index contributed by atoms with van der Waals surface area (Å²) in [6.07, 6.45) is 0. The number of carbonyl (C=O) groups is 1. The average molecular weight is 365 g/mol. The number of nitrogens with zero attached hydrogens (tertiary/aromatic N) is 3. The molecule has 0 saturated carbocycles. The normalized spacial score (nSPS) is 14.1. The lowest BCUT2D eigenvalue weighted by atomic mass is 10.2. The third-order valence-electron chi connectivity index (χ3n) is 4.29. The van der Waals surface area contributed by atoms with Gasteiger partial charge in [-0.1, -0.05) is 35.5 Å². The summed E-state index contributed by atoms with van der Waals surface area (Å²) in [6.45, 7) is 2.40. The Balaban J connectivity index is 1.37. The zero-order chi connectivity index (χ0) is 18.5. The van der Waals surface area contributed by atoms with E-state index in [4.69, 9.17) is 14.0 Å². The lowest BCUT2D eigenvalue weighted by molar-refractivity contribution is -0.137. The van der Waals surface area contributed by atoms with Crippen molar-refractivity contribution in [2.24, 2.45) is 0 Å². The van der Waals surface area contributed by atoms with E-state index in [1.165, 1.54) is 0 Å². The number of amides is 1. The molecule has 7 heteroatoms. The highest BCUT2D eigenvalue weighted by Crippen LogP contribution is 2.24. The second-order valence-electron chi connectivity index (χ2n) is 6.10. The highest BCUT2D eigenvalue weighted by atomic mass is 16.5. The molecule has 1 aliphatic rings. The molecule has 0 unspecified atom stereocenters. The third kappa shape index (κ3) is 4.15. The minimum absolute atomic E-state index is 0.0120. The molecular weight excluding hydrogens is 346 g/mol. The second-order valence-corrected chi connectivity index (χ2v) is 6.10. The van der Waals surface area contributed by atoms with Crippen molar-refractivity contribution in [3.8, 4) is 28.6 Å². The molecular formula is C20H19N3O4. The van der Waals surface area contributed by atoms with Gasteiger partial charge in [0, 0.05) is 24.2 Å². The number of ether oxygens (including phenoxy) is 2. The Morgan fingerprint density at radius 3 is 2.48 bits per heavy atom. The van der Waals surface area contributed by atoms with Crippen LogP contribution in [0.5, 0.6) is 5.75 Å². The fraction of sp³-hybridized carbons (Fsp3) is 0.250.